The van der Waals surface area contributed by atoms with Crippen LogP contribution in [0.3, 0.4) is 0 Å². The monoisotopic (exact) mass is 570 g/mol. The van der Waals surface area contributed by atoms with Crippen molar-refractivity contribution < 1.29 is 18.8 Å². The Bertz CT molecular complexity index is 1770. The predicted octanol–water partition coefficient (Wildman–Crippen LogP) is 2.99. The summed E-state index contributed by atoms with van der Waals surface area (Å²) in [5.74, 6) is 0.323. The average Bonchev–Trinajstić information content (AvgIpc) is 3.90. The second-order valence-electron chi connectivity index (χ2n) is 11.0. The van der Waals surface area contributed by atoms with Gasteiger partial charge in [-0.25, -0.2) is 34.1 Å². The molecule has 4 aromatic rings. The lowest BCUT2D eigenvalue weighted by atomic mass is 10.1. The number of aryl methyl sites for hydroxylation is 1. The first-order chi connectivity index (χ1) is 20.2. The molecular formula is C28H27FN10O3. The number of nitrogens with one attached hydrogen (secondary N) is 2. The maximum Gasteiger partial charge on any atom is 0.331 e. The molecule has 0 bridgehead atoms. The van der Waals surface area contributed by atoms with E-state index in [1.807, 2.05) is 22.9 Å². The highest BCUT2D eigenvalue weighted by atomic mass is 19.1. The minimum Gasteiger partial charge on any atom is -0.364 e. The van der Waals surface area contributed by atoms with Crippen molar-refractivity contribution in [3.05, 3.63) is 65.6 Å². The number of halogens is 1. The Morgan fingerprint density at radius 2 is 1.90 bits per heavy atom. The second-order valence-corrected chi connectivity index (χ2v) is 11.0. The van der Waals surface area contributed by atoms with Crippen molar-refractivity contribution in [2.24, 2.45) is 5.92 Å². The normalized spacial score (nSPS) is 20.0. The topological polar surface area (TPSA) is 151 Å². The van der Waals surface area contributed by atoms with Crippen molar-refractivity contribution >= 4 is 40.8 Å². The Kier molecular flexibility index (Phi) is 6.06. The summed E-state index contributed by atoms with van der Waals surface area (Å²) in [5, 5.41) is 6.03. The Morgan fingerprint density at radius 3 is 2.64 bits per heavy atom. The minimum atomic E-state index is -0.473. The number of likely N-dealkylation sites (N-methyl/N-ethyl adjacent to an activating group) is 1. The summed E-state index contributed by atoms with van der Waals surface area (Å²) >= 11 is 0. The maximum absolute atomic E-state index is 13.5. The lowest BCUT2D eigenvalue weighted by molar-refractivity contribution is -0.124. The number of rotatable bonds is 8. The van der Waals surface area contributed by atoms with Crippen molar-refractivity contribution in [1.29, 1.82) is 0 Å². The fourth-order valence-electron chi connectivity index (χ4n) is 5.20. The lowest BCUT2D eigenvalue weighted by Gasteiger charge is -2.17. The van der Waals surface area contributed by atoms with Gasteiger partial charge in [0.25, 0.3) is 0 Å². The van der Waals surface area contributed by atoms with E-state index in [4.69, 9.17) is 4.98 Å². The summed E-state index contributed by atoms with van der Waals surface area (Å²) in [6.45, 7) is 1.87. The zero-order valence-electron chi connectivity index (χ0n) is 22.9. The molecule has 5 heterocycles. The zero-order valence-corrected chi connectivity index (χ0v) is 22.9. The van der Waals surface area contributed by atoms with Crippen molar-refractivity contribution in [2.45, 2.75) is 44.6 Å². The van der Waals surface area contributed by atoms with Crippen LogP contribution in [-0.4, -0.2) is 65.7 Å². The first-order valence-electron chi connectivity index (χ1n) is 13.7. The molecule has 14 heteroatoms. The molecule has 0 radical (unpaired) electrons. The molecule has 0 aromatic carbocycles. The largest absolute Gasteiger partial charge is 0.364 e. The first kappa shape index (κ1) is 25.9. The number of imide groups is 1. The van der Waals surface area contributed by atoms with E-state index in [9.17, 15) is 18.8 Å². The lowest BCUT2D eigenvalue weighted by Crippen LogP contribution is -2.30. The van der Waals surface area contributed by atoms with Gasteiger partial charge < -0.3 is 15.0 Å². The summed E-state index contributed by atoms with van der Waals surface area (Å²) < 4.78 is 15.4. The van der Waals surface area contributed by atoms with E-state index >= 15 is 0 Å². The van der Waals surface area contributed by atoms with Crippen LogP contribution in [0.1, 0.15) is 53.9 Å². The molecule has 2 aliphatic carbocycles. The third kappa shape index (κ3) is 4.78. The molecule has 2 N–H and O–H groups in total. The number of hydrogen-bond acceptors (Lipinski definition) is 9. The number of urea groups is 1. The number of carbonyl (C=O) groups excluding carboxylic acids is 3. The SMILES string of the molecule is Cc1nc([C@H]2C[C@@H]2C(=O)Nc2cc(NCc3cn4cc(C5CC5)cc(N5CC(=O)N(C)C5=O)c4n3)ncn2)ncc1F. The van der Waals surface area contributed by atoms with Crippen LogP contribution >= 0.6 is 0 Å². The van der Waals surface area contributed by atoms with Crippen molar-refractivity contribution in [1.82, 2.24) is 34.2 Å². The number of carbonyl (C=O) groups is 3. The number of hydrogen-bond donors (Lipinski definition) is 2. The first-order valence-corrected chi connectivity index (χ1v) is 13.7. The second kappa shape index (κ2) is 9.82. The van der Waals surface area contributed by atoms with E-state index in [1.165, 1.54) is 18.3 Å². The molecule has 13 nitrogen and oxygen atoms in total. The molecule has 4 aromatic heterocycles. The number of amides is 4. The quantitative estimate of drug-likeness (QED) is 0.305. The molecule has 4 amide bonds. The number of imidazole rings is 1. The van der Waals surface area contributed by atoms with Crippen molar-refractivity contribution in [3.63, 3.8) is 0 Å². The fourth-order valence-corrected chi connectivity index (χ4v) is 5.20. The Hall–Kier alpha value is -5.01. The van der Waals surface area contributed by atoms with Crippen LogP contribution in [0.2, 0.25) is 0 Å². The van der Waals surface area contributed by atoms with Crippen LogP contribution in [0, 0.1) is 18.7 Å². The molecule has 214 valence electrons. The Balaban J connectivity index is 1.04. The van der Waals surface area contributed by atoms with Gasteiger partial charge in [-0.2, -0.15) is 0 Å². The van der Waals surface area contributed by atoms with Gasteiger partial charge in [-0.3, -0.25) is 19.4 Å². The third-order valence-electron chi connectivity index (χ3n) is 7.89. The fraction of sp³-hybridized carbons (Fsp3) is 0.357. The summed E-state index contributed by atoms with van der Waals surface area (Å²) in [4.78, 5) is 61.7. The zero-order chi connectivity index (χ0) is 29.1. The van der Waals surface area contributed by atoms with Crippen LogP contribution in [0.5, 0.6) is 0 Å². The van der Waals surface area contributed by atoms with E-state index in [2.05, 4.69) is 30.6 Å². The molecule has 2 saturated carbocycles. The van der Waals surface area contributed by atoms with Gasteiger partial charge in [-0.1, -0.05) is 0 Å². The van der Waals surface area contributed by atoms with Crippen LogP contribution in [0.15, 0.2) is 37.1 Å². The van der Waals surface area contributed by atoms with Gasteiger partial charge >= 0.3 is 6.03 Å². The standard InChI is InChI=1S/C28H27FN10O3/c1-14-20(29)9-31-25(34-14)18-6-19(18)27(41)36-23-7-22(32-13-33-23)30-8-17-11-38-10-16(15-3-4-15)5-21(26(38)35-17)39-12-24(40)37(2)28(39)42/h5,7,9-11,13,15,18-19H,3-4,6,8,12H2,1-2H3,(H2,30,32,33,36,41)/t18-,19-/m0/s1. The summed E-state index contributed by atoms with van der Waals surface area (Å²) in [6.07, 6.45) is 9.17. The van der Waals surface area contributed by atoms with E-state index in [0.29, 0.717) is 53.4 Å². The van der Waals surface area contributed by atoms with Crippen molar-refractivity contribution in [3.8, 4) is 0 Å². The van der Waals surface area contributed by atoms with Gasteiger partial charge in [0.2, 0.25) is 11.8 Å². The molecule has 3 fully saturated rings. The number of anilines is 3. The van der Waals surface area contributed by atoms with E-state index in [-0.39, 0.29) is 41.9 Å². The molecule has 2 atom stereocenters. The van der Waals surface area contributed by atoms with Crippen LogP contribution in [0.4, 0.5) is 26.5 Å². The van der Waals surface area contributed by atoms with E-state index in [0.717, 1.165) is 29.5 Å². The Labute approximate surface area is 239 Å². The third-order valence-corrected chi connectivity index (χ3v) is 7.89. The molecule has 3 aliphatic rings. The van der Waals surface area contributed by atoms with Crippen LogP contribution in [-0.2, 0) is 16.1 Å². The summed E-state index contributed by atoms with van der Waals surface area (Å²) in [7, 11) is 1.48. The molecular weight excluding hydrogens is 543 g/mol. The number of fused-ring (bicyclic) bond motifs is 1. The number of aromatic nitrogens is 6. The highest BCUT2D eigenvalue weighted by Crippen LogP contribution is 2.46. The summed E-state index contributed by atoms with van der Waals surface area (Å²) in [5.41, 5.74) is 3.27. The number of pyridine rings is 1. The van der Waals surface area contributed by atoms with E-state index < -0.39 is 5.82 Å². The molecule has 0 spiro atoms. The van der Waals surface area contributed by atoms with Crippen LogP contribution in [0.25, 0.3) is 5.65 Å². The highest BCUT2D eigenvalue weighted by Gasteiger charge is 2.46. The molecule has 1 saturated heterocycles. The maximum atomic E-state index is 13.5. The predicted molar refractivity (Wildman–Crippen MR) is 148 cm³/mol. The smallest absolute Gasteiger partial charge is 0.331 e. The van der Waals surface area contributed by atoms with Gasteiger partial charge in [0.15, 0.2) is 11.5 Å². The van der Waals surface area contributed by atoms with Gasteiger partial charge in [0.05, 0.1) is 29.8 Å². The highest BCUT2D eigenvalue weighted by molar-refractivity contribution is 6.13. The molecule has 42 heavy (non-hydrogen) atoms. The number of nitrogens with zero attached hydrogens (tertiary/aromatic N) is 8. The summed E-state index contributed by atoms with van der Waals surface area (Å²) in [6, 6.07) is 3.23. The Morgan fingerprint density at radius 1 is 1.10 bits per heavy atom. The molecule has 0 unspecified atom stereocenters. The van der Waals surface area contributed by atoms with Gasteiger partial charge in [-0.15, -0.1) is 0 Å². The van der Waals surface area contributed by atoms with Crippen molar-refractivity contribution in [2.75, 3.05) is 29.1 Å². The van der Waals surface area contributed by atoms with Gasteiger partial charge in [0, 0.05) is 37.3 Å². The molecule has 7 rings (SSSR count). The average molecular weight is 571 g/mol. The van der Waals surface area contributed by atoms with Gasteiger partial charge in [-0.05, 0) is 43.7 Å². The van der Waals surface area contributed by atoms with Crippen LogP contribution < -0.4 is 15.5 Å². The molecule has 1 aliphatic heterocycles. The minimum absolute atomic E-state index is 0.0207. The van der Waals surface area contributed by atoms with Gasteiger partial charge in [0.1, 0.15) is 30.3 Å². The van der Waals surface area contributed by atoms with E-state index in [1.54, 1.807) is 13.0 Å².